The molecule has 1 N–H and O–H groups in total. The minimum atomic E-state index is -0.290. The number of imidazole rings is 1. The molecule has 15 heavy (non-hydrogen) atoms. The first-order valence-corrected chi connectivity index (χ1v) is 4.66. The van der Waals surface area contributed by atoms with Crippen LogP contribution in [-0.4, -0.2) is 15.5 Å². The van der Waals surface area contributed by atoms with Crippen LogP contribution in [0.2, 0.25) is 0 Å². The molecule has 0 aliphatic rings. The third-order valence-corrected chi connectivity index (χ3v) is 1.98. The highest BCUT2D eigenvalue weighted by Gasteiger charge is 2.09. The van der Waals surface area contributed by atoms with Crippen molar-refractivity contribution < 1.29 is 9.21 Å². The molecule has 0 saturated carbocycles. The molecule has 0 fully saturated rings. The molecule has 0 atom stereocenters. The van der Waals surface area contributed by atoms with Gasteiger partial charge < -0.3 is 14.3 Å². The van der Waals surface area contributed by atoms with E-state index in [1.165, 1.54) is 6.26 Å². The summed E-state index contributed by atoms with van der Waals surface area (Å²) >= 11 is 0. The van der Waals surface area contributed by atoms with Crippen molar-refractivity contribution in [3.05, 3.63) is 36.7 Å². The topological polar surface area (TPSA) is 60.1 Å². The molecule has 0 aliphatic heterocycles. The molecule has 0 aliphatic carbocycles. The minimum Gasteiger partial charge on any atom is -0.459 e. The molecule has 2 heterocycles. The Hall–Kier alpha value is -2.04. The summed E-state index contributed by atoms with van der Waals surface area (Å²) < 4.78 is 6.83. The third kappa shape index (κ3) is 2.07. The molecule has 2 aromatic heterocycles. The molecule has 2 aromatic rings. The summed E-state index contributed by atoms with van der Waals surface area (Å²) in [5, 5.41) is 2.63. The van der Waals surface area contributed by atoms with Gasteiger partial charge in [0.2, 0.25) is 0 Å². The Morgan fingerprint density at radius 3 is 3.13 bits per heavy atom. The van der Waals surface area contributed by atoms with E-state index in [1.807, 2.05) is 11.5 Å². The van der Waals surface area contributed by atoms with E-state index in [1.54, 1.807) is 24.7 Å². The number of carbonyl (C=O) groups excluding carboxylic acids is 1. The van der Waals surface area contributed by atoms with Gasteiger partial charge in [0.25, 0.3) is 5.91 Å². The number of nitrogens with zero attached hydrogens (tertiary/aromatic N) is 2. The Kier molecular flexibility index (Phi) is 2.53. The molecule has 78 valence electrons. The maximum atomic E-state index is 11.5. The second-order valence-electron chi connectivity index (χ2n) is 3.02. The lowest BCUT2D eigenvalue weighted by Crippen LogP contribution is -2.10. The highest BCUT2D eigenvalue weighted by Crippen LogP contribution is 2.06. The van der Waals surface area contributed by atoms with E-state index >= 15 is 0 Å². The summed E-state index contributed by atoms with van der Waals surface area (Å²) in [7, 11) is 0. The summed E-state index contributed by atoms with van der Waals surface area (Å²) in [5.74, 6) is 0.514. The SMILES string of the molecule is CCn1cnc(NC(=O)c2ccco2)c1. The predicted molar refractivity (Wildman–Crippen MR) is 54.6 cm³/mol. The molecule has 5 heteroatoms. The maximum absolute atomic E-state index is 11.5. The zero-order valence-electron chi connectivity index (χ0n) is 8.30. The lowest BCUT2D eigenvalue weighted by atomic mass is 10.4. The first-order chi connectivity index (χ1) is 7.29. The number of furan rings is 1. The normalized spacial score (nSPS) is 10.2. The van der Waals surface area contributed by atoms with Crippen molar-refractivity contribution in [1.82, 2.24) is 9.55 Å². The summed E-state index contributed by atoms with van der Waals surface area (Å²) in [6, 6.07) is 3.27. The molecular formula is C10H11N3O2. The Morgan fingerprint density at radius 1 is 1.67 bits per heavy atom. The van der Waals surface area contributed by atoms with Crippen LogP contribution in [0.5, 0.6) is 0 Å². The number of hydrogen-bond donors (Lipinski definition) is 1. The number of aryl methyl sites for hydroxylation is 1. The number of rotatable bonds is 3. The smallest absolute Gasteiger partial charge is 0.292 e. The van der Waals surface area contributed by atoms with Gasteiger partial charge in [0.1, 0.15) is 0 Å². The lowest BCUT2D eigenvalue weighted by Gasteiger charge is -1.97. The number of aromatic nitrogens is 2. The van der Waals surface area contributed by atoms with Gasteiger partial charge >= 0.3 is 0 Å². The highest BCUT2D eigenvalue weighted by atomic mass is 16.3. The maximum Gasteiger partial charge on any atom is 0.292 e. The first-order valence-electron chi connectivity index (χ1n) is 4.66. The van der Waals surface area contributed by atoms with E-state index < -0.39 is 0 Å². The summed E-state index contributed by atoms with van der Waals surface area (Å²) in [6.07, 6.45) is 4.89. The van der Waals surface area contributed by atoms with E-state index in [9.17, 15) is 4.79 Å². The Labute approximate surface area is 86.7 Å². The van der Waals surface area contributed by atoms with Crippen molar-refractivity contribution in [3.63, 3.8) is 0 Å². The molecule has 0 radical (unpaired) electrons. The zero-order chi connectivity index (χ0) is 10.7. The molecule has 1 amide bonds. The van der Waals surface area contributed by atoms with Gasteiger partial charge in [-0.25, -0.2) is 4.98 Å². The lowest BCUT2D eigenvalue weighted by molar-refractivity contribution is 0.0996. The van der Waals surface area contributed by atoms with Crippen molar-refractivity contribution in [2.45, 2.75) is 13.5 Å². The van der Waals surface area contributed by atoms with Crippen LogP contribution in [0.3, 0.4) is 0 Å². The van der Waals surface area contributed by atoms with E-state index in [2.05, 4.69) is 10.3 Å². The standard InChI is InChI=1S/C10H11N3O2/c1-2-13-6-9(11-7-13)12-10(14)8-4-3-5-15-8/h3-7H,2H2,1H3,(H,12,14). The van der Waals surface area contributed by atoms with Gasteiger partial charge in [0.05, 0.1) is 12.6 Å². The summed E-state index contributed by atoms with van der Waals surface area (Å²) in [4.78, 5) is 15.5. The molecular weight excluding hydrogens is 194 g/mol. The van der Waals surface area contributed by atoms with Crippen LogP contribution < -0.4 is 5.32 Å². The predicted octanol–water partition coefficient (Wildman–Crippen LogP) is 1.75. The quantitative estimate of drug-likeness (QED) is 0.830. The second-order valence-corrected chi connectivity index (χ2v) is 3.02. The van der Waals surface area contributed by atoms with Gasteiger partial charge in [-0.15, -0.1) is 0 Å². The second kappa shape index (κ2) is 4.00. The monoisotopic (exact) mass is 205 g/mol. The van der Waals surface area contributed by atoms with Gasteiger partial charge in [-0.2, -0.15) is 0 Å². The largest absolute Gasteiger partial charge is 0.459 e. The van der Waals surface area contributed by atoms with Crippen LogP contribution in [0.1, 0.15) is 17.5 Å². The average Bonchev–Trinajstić information content (AvgIpc) is 2.87. The van der Waals surface area contributed by atoms with Crippen LogP contribution in [-0.2, 0) is 6.54 Å². The number of nitrogens with one attached hydrogen (secondary N) is 1. The van der Waals surface area contributed by atoms with E-state index in [0.29, 0.717) is 5.82 Å². The van der Waals surface area contributed by atoms with Crippen LogP contribution in [0.4, 0.5) is 5.82 Å². The minimum absolute atomic E-state index is 0.279. The Bertz CT molecular complexity index is 445. The van der Waals surface area contributed by atoms with Crippen LogP contribution >= 0.6 is 0 Å². The molecule has 0 unspecified atom stereocenters. The van der Waals surface area contributed by atoms with Gasteiger partial charge in [-0.1, -0.05) is 0 Å². The number of anilines is 1. The first kappa shape index (κ1) is 9.51. The fourth-order valence-electron chi connectivity index (χ4n) is 1.18. The van der Waals surface area contributed by atoms with Crippen molar-refractivity contribution in [2.24, 2.45) is 0 Å². The van der Waals surface area contributed by atoms with E-state index in [0.717, 1.165) is 6.54 Å². The van der Waals surface area contributed by atoms with Gasteiger partial charge in [-0.05, 0) is 19.1 Å². The molecule has 0 spiro atoms. The molecule has 0 bridgehead atoms. The number of carbonyl (C=O) groups is 1. The van der Waals surface area contributed by atoms with Crippen molar-refractivity contribution in [1.29, 1.82) is 0 Å². The fraction of sp³-hybridized carbons (Fsp3) is 0.200. The molecule has 5 nitrogen and oxygen atoms in total. The number of hydrogen-bond acceptors (Lipinski definition) is 3. The van der Waals surface area contributed by atoms with Gasteiger partial charge in [0.15, 0.2) is 11.6 Å². The molecule has 0 aromatic carbocycles. The van der Waals surface area contributed by atoms with Gasteiger partial charge in [-0.3, -0.25) is 4.79 Å². The van der Waals surface area contributed by atoms with E-state index in [4.69, 9.17) is 4.42 Å². The van der Waals surface area contributed by atoms with Crippen LogP contribution in [0, 0.1) is 0 Å². The van der Waals surface area contributed by atoms with Crippen molar-refractivity contribution >= 4 is 11.7 Å². The van der Waals surface area contributed by atoms with Gasteiger partial charge in [0, 0.05) is 12.7 Å². The summed E-state index contributed by atoms with van der Waals surface area (Å²) in [5.41, 5.74) is 0. The van der Waals surface area contributed by atoms with Crippen LogP contribution in [0.15, 0.2) is 35.3 Å². The average molecular weight is 205 g/mol. The number of amides is 1. The van der Waals surface area contributed by atoms with Crippen LogP contribution in [0.25, 0.3) is 0 Å². The Balaban J connectivity index is 2.06. The van der Waals surface area contributed by atoms with E-state index in [-0.39, 0.29) is 11.7 Å². The third-order valence-electron chi connectivity index (χ3n) is 1.98. The molecule has 2 rings (SSSR count). The van der Waals surface area contributed by atoms with Crippen molar-refractivity contribution in [2.75, 3.05) is 5.32 Å². The molecule has 0 saturated heterocycles. The fourth-order valence-corrected chi connectivity index (χ4v) is 1.18. The van der Waals surface area contributed by atoms with Crippen molar-refractivity contribution in [3.8, 4) is 0 Å². The Morgan fingerprint density at radius 2 is 2.53 bits per heavy atom. The highest BCUT2D eigenvalue weighted by molar-refractivity contribution is 6.01. The summed E-state index contributed by atoms with van der Waals surface area (Å²) in [6.45, 7) is 2.82. The zero-order valence-corrected chi connectivity index (χ0v) is 8.30.